The Balaban J connectivity index is 2.11. The van der Waals surface area contributed by atoms with E-state index in [2.05, 4.69) is 10.3 Å². The topological polar surface area (TPSA) is 94.4 Å². The molecule has 2 atom stereocenters. The van der Waals surface area contributed by atoms with Crippen LogP contribution in [0.1, 0.15) is 30.1 Å². The van der Waals surface area contributed by atoms with Crippen molar-refractivity contribution < 1.29 is 14.5 Å². The summed E-state index contributed by atoms with van der Waals surface area (Å²) < 4.78 is 5.47. The molecule has 7 nitrogen and oxygen atoms in total. The quantitative estimate of drug-likeness (QED) is 0.521. The van der Waals surface area contributed by atoms with E-state index in [1.165, 1.54) is 0 Å². The Morgan fingerprint density at radius 2 is 2.45 bits per heavy atom. The van der Waals surface area contributed by atoms with E-state index in [0.717, 1.165) is 25.1 Å². The molecule has 1 saturated heterocycles. The van der Waals surface area contributed by atoms with Crippen molar-refractivity contribution in [3.05, 3.63) is 33.1 Å². The van der Waals surface area contributed by atoms with Gasteiger partial charge in [-0.3, -0.25) is 14.9 Å². The minimum Gasteiger partial charge on any atom is -0.376 e. The van der Waals surface area contributed by atoms with Crippen LogP contribution in [0, 0.1) is 10.1 Å². The molecule has 1 aromatic rings. The van der Waals surface area contributed by atoms with Gasteiger partial charge in [-0.25, -0.2) is 4.98 Å². The fourth-order valence-corrected chi connectivity index (χ4v) is 2.26. The number of amides is 1. The van der Waals surface area contributed by atoms with Crippen molar-refractivity contribution in [3.8, 4) is 0 Å². The van der Waals surface area contributed by atoms with Gasteiger partial charge in [0.1, 0.15) is 11.3 Å². The zero-order valence-corrected chi connectivity index (χ0v) is 11.6. The highest BCUT2D eigenvalue weighted by molar-refractivity contribution is 6.32. The number of nitrogens with zero attached hydrogens (tertiary/aromatic N) is 2. The minimum atomic E-state index is -0.621. The number of rotatable bonds is 4. The first-order chi connectivity index (χ1) is 9.49. The molecular formula is C12H14ClN3O4. The second-order valence-corrected chi connectivity index (χ2v) is 4.96. The first-order valence-electron chi connectivity index (χ1n) is 6.21. The number of pyridine rings is 1. The second-order valence-electron chi connectivity index (χ2n) is 4.60. The van der Waals surface area contributed by atoms with Crippen LogP contribution < -0.4 is 5.32 Å². The molecule has 1 amide bonds. The fourth-order valence-electron chi connectivity index (χ4n) is 2.07. The molecular weight excluding hydrogens is 286 g/mol. The highest BCUT2D eigenvalue weighted by Gasteiger charge is 2.25. The summed E-state index contributed by atoms with van der Waals surface area (Å²) in [5, 5.41) is 13.4. The number of hydrogen-bond acceptors (Lipinski definition) is 5. The molecule has 8 heteroatoms. The zero-order valence-electron chi connectivity index (χ0n) is 10.8. The van der Waals surface area contributed by atoms with Gasteiger partial charge < -0.3 is 10.1 Å². The summed E-state index contributed by atoms with van der Waals surface area (Å²) in [5.74, 6) is -0.491. The molecule has 20 heavy (non-hydrogen) atoms. The Morgan fingerprint density at radius 3 is 3.05 bits per heavy atom. The largest absolute Gasteiger partial charge is 0.376 e. The number of nitrogens with one attached hydrogen (secondary N) is 1. The lowest BCUT2D eigenvalue weighted by molar-refractivity contribution is -0.385. The Labute approximate surface area is 120 Å². The molecule has 1 fully saturated rings. The summed E-state index contributed by atoms with van der Waals surface area (Å²) in [5.41, 5.74) is -0.282. The van der Waals surface area contributed by atoms with Crippen LogP contribution in [0.5, 0.6) is 0 Å². The molecule has 0 spiro atoms. The fraction of sp³-hybridized carbons (Fsp3) is 0.500. The number of aromatic nitrogens is 1. The third kappa shape index (κ3) is 3.23. The summed E-state index contributed by atoms with van der Waals surface area (Å²) in [4.78, 5) is 25.8. The Bertz CT molecular complexity index is 531. The van der Waals surface area contributed by atoms with E-state index in [1.54, 1.807) is 0 Å². The number of hydrogen-bond donors (Lipinski definition) is 1. The number of ether oxygens (including phenoxy) is 1. The number of carbonyl (C=O) groups excluding carboxylic acids is 1. The van der Waals surface area contributed by atoms with Gasteiger partial charge in [0.2, 0.25) is 0 Å². The lowest BCUT2D eigenvalue weighted by atomic mass is 10.1. The minimum absolute atomic E-state index is 0.00860. The van der Waals surface area contributed by atoms with E-state index < -0.39 is 10.8 Å². The normalized spacial score (nSPS) is 19.6. The molecule has 2 rings (SSSR count). The van der Waals surface area contributed by atoms with E-state index in [-0.39, 0.29) is 28.5 Å². The van der Waals surface area contributed by atoms with Gasteiger partial charge >= 0.3 is 0 Å². The summed E-state index contributed by atoms with van der Waals surface area (Å²) in [6, 6.07) is 0.924. The predicted molar refractivity (Wildman–Crippen MR) is 71.8 cm³/mol. The van der Waals surface area contributed by atoms with E-state index in [9.17, 15) is 14.9 Å². The summed E-state index contributed by atoms with van der Waals surface area (Å²) >= 11 is 5.81. The van der Waals surface area contributed by atoms with Crippen LogP contribution in [0.3, 0.4) is 0 Å². The third-order valence-corrected chi connectivity index (χ3v) is 3.46. The van der Waals surface area contributed by atoms with Crippen molar-refractivity contribution in [2.24, 2.45) is 0 Å². The first-order valence-corrected chi connectivity index (χ1v) is 6.59. The van der Waals surface area contributed by atoms with Gasteiger partial charge in [-0.05, 0) is 19.8 Å². The van der Waals surface area contributed by atoms with Gasteiger partial charge in [-0.2, -0.15) is 0 Å². The van der Waals surface area contributed by atoms with Gasteiger partial charge in [-0.1, -0.05) is 11.6 Å². The molecule has 0 saturated carbocycles. The van der Waals surface area contributed by atoms with E-state index in [4.69, 9.17) is 16.3 Å². The van der Waals surface area contributed by atoms with E-state index in [0.29, 0.717) is 6.61 Å². The van der Waals surface area contributed by atoms with Crippen LogP contribution in [0.4, 0.5) is 5.69 Å². The number of carbonyl (C=O) groups is 1. The van der Waals surface area contributed by atoms with Crippen LogP contribution in [0.15, 0.2) is 12.3 Å². The number of halogens is 1. The van der Waals surface area contributed by atoms with Crippen LogP contribution in [-0.4, -0.2) is 34.6 Å². The van der Waals surface area contributed by atoms with Gasteiger partial charge in [0.25, 0.3) is 11.6 Å². The maximum Gasteiger partial charge on any atom is 0.288 e. The molecule has 1 aliphatic rings. The molecule has 1 aliphatic heterocycles. The summed E-state index contributed by atoms with van der Waals surface area (Å²) in [6.07, 6.45) is 2.82. The predicted octanol–water partition coefficient (Wildman–Crippen LogP) is 1.94. The summed E-state index contributed by atoms with van der Waals surface area (Å²) in [6.45, 7) is 2.51. The molecule has 1 aromatic heterocycles. The highest BCUT2D eigenvalue weighted by Crippen LogP contribution is 2.20. The Morgan fingerprint density at radius 1 is 1.70 bits per heavy atom. The van der Waals surface area contributed by atoms with Gasteiger partial charge in [-0.15, -0.1) is 0 Å². The molecule has 0 aromatic carbocycles. The molecule has 0 aliphatic carbocycles. The molecule has 2 unspecified atom stereocenters. The van der Waals surface area contributed by atoms with E-state index in [1.807, 2.05) is 6.92 Å². The van der Waals surface area contributed by atoms with Crippen LogP contribution in [0.2, 0.25) is 5.15 Å². The average Bonchev–Trinajstić information content (AvgIpc) is 2.92. The van der Waals surface area contributed by atoms with Gasteiger partial charge in [0.05, 0.1) is 22.6 Å². The molecule has 0 radical (unpaired) electrons. The summed E-state index contributed by atoms with van der Waals surface area (Å²) in [7, 11) is 0. The van der Waals surface area contributed by atoms with Crippen LogP contribution in [0.25, 0.3) is 0 Å². The van der Waals surface area contributed by atoms with Crippen molar-refractivity contribution in [1.29, 1.82) is 0 Å². The zero-order chi connectivity index (χ0) is 14.7. The van der Waals surface area contributed by atoms with Crippen molar-refractivity contribution in [2.45, 2.75) is 31.9 Å². The second kappa shape index (κ2) is 6.15. The van der Waals surface area contributed by atoms with E-state index >= 15 is 0 Å². The maximum absolute atomic E-state index is 12.1. The molecule has 1 N–H and O–H groups in total. The standard InChI is InChI=1S/C12H14ClN3O4/c1-7(10-3-2-4-20-10)15-12(17)9-5-8(16(18)19)6-14-11(9)13/h5-7,10H,2-4H2,1H3,(H,15,17). The van der Waals surface area contributed by atoms with Crippen molar-refractivity contribution in [2.75, 3.05) is 6.61 Å². The van der Waals surface area contributed by atoms with Crippen molar-refractivity contribution in [3.63, 3.8) is 0 Å². The SMILES string of the molecule is CC(NC(=O)c1cc([N+](=O)[O-])cnc1Cl)C1CCCO1. The van der Waals surface area contributed by atoms with Gasteiger partial charge in [0.15, 0.2) is 0 Å². The lowest BCUT2D eigenvalue weighted by Crippen LogP contribution is -2.41. The Kier molecular flexibility index (Phi) is 4.51. The smallest absolute Gasteiger partial charge is 0.288 e. The van der Waals surface area contributed by atoms with Crippen molar-refractivity contribution >= 4 is 23.2 Å². The van der Waals surface area contributed by atoms with Crippen molar-refractivity contribution in [1.82, 2.24) is 10.3 Å². The number of nitro groups is 1. The molecule has 108 valence electrons. The first kappa shape index (κ1) is 14.7. The monoisotopic (exact) mass is 299 g/mol. The van der Waals surface area contributed by atoms with Crippen LogP contribution in [-0.2, 0) is 4.74 Å². The van der Waals surface area contributed by atoms with Gasteiger partial charge in [0, 0.05) is 12.7 Å². The molecule has 0 bridgehead atoms. The lowest BCUT2D eigenvalue weighted by Gasteiger charge is -2.20. The highest BCUT2D eigenvalue weighted by atomic mass is 35.5. The van der Waals surface area contributed by atoms with Crippen LogP contribution >= 0.6 is 11.6 Å². The average molecular weight is 300 g/mol. The maximum atomic E-state index is 12.1. The Hall–Kier alpha value is -1.73. The molecule has 2 heterocycles. The third-order valence-electron chi connectivity index (χ3n) is 3.16.